The summed E-state index contributed by atoms with van der Waals surface area (Å²) in [5.41, 5.74) is 0.767. The highest BCUT2D eigenvalue weighted by Crippen LogP contribution is 2.28. The Hall–Kier alpha value is -1.91. The number of nitro benzene ring substituents is 1. The van der Waals surface area contributed by atoms with Crippen LogP contribution < -0.4 is 0 Å². The van der Waals surface area contributed by atoms with Gasteiger partial charge >= 0.3 is 0 Å². The van der Waals surface area contributed by atoms with E-state index in [1.165, 1.54) is 6.07 Å². The summed E-state index contributed by atoms with van der Waals surface area (Å²) < 4.78 is 0. The molecule has 0 spiro atoms. The second-order valence-electron chi connectivity index (χ2n) is 4.73. The van der Waals surface area contributed by atoms with Gasteiger partial charge in [-0.05, 0) is 31.7 Å². The monoisotopic (exact) mass is 248 g/mol. The number of carbonyl (C=O) groups is 1. The van der Waals surface area contributed by atoms with Gasteiger partial charge in [-0.2, -0.15) is 0 Å². The zero-order valence-electron chi connectivity index (χ0n) is 10.5. The minimum absolute atomic E-state index is 0.105. The number of aryl methyl sites for hydroxylation is 1. The Morgan fingerprint density at radius 2 is 2.11 bits per heavy atom. The lowest BCUT2D eigenvalue weighted by Crippen LogP contribution is -2.41. The Morgan fingerprint density at radius 3 is 2.61 bits per heavy atom. The van der Waals surface area contributed by atoms with Crippen LogP contribution in [-0.4, -0.2) is 28.8 Å². The highest BCUT2D eigenvalue weighted by atomic mass is 16.6. The topological polar surface area (TPSA) is 63.5 Å². The van der Waals surface area contributed by atoms with Crippen LogP contribution in [0.25, 0.3) is 0 Å². The van der Waals surface area contributed by atoms with Crippen LogP contribution in [0.3, 0.4) is 0 Å². The molecule has 0 radical (unpaired) electrons. The van der Waals surface area contributed by atoms with Crippen LogP contribution in [0.2, 0.25) is 0 Å². The maximum absolute atomic E-state index is 12.3. The SMILES string of the molecule is Cc1cccc([N+](=O)[O-])c1C(=O)N(C)C1CCC1. The van der Waals surface area contributed by atoms with E-state index in [0.717, 1.165) is 19.3 Å². The van der Waals surface area contributed by atoms with Crippen molar-refractivity contribution >= 4 is 11.6 Å². The molecule has 1 saturated carbocycles. The third-order valence-corrected chi connectivity index (χ3v) is 3.60. The summed E-state index contributed by atoms with van der Waals surface area (Å²) in [4.78, 5) is 24.5. The van der Waals surface area contributed by atoms with Crippen molar-refractivity contribution in [3.8, 4) is 0 Å². The summed E-state index contributed by atoms with van der Waals surface area (Å²) >= 11 is 0. The lowest BCUT2D eigenvalue weighted by molar-refractivity contribution is -0.385. The third kappa shape index (κ3) is 2.08. The van der Waals surface area contributed by atoms with Crippen LogP contribution >= 0.6 is 0 Å². The molecule has 1 fully saturated rings. The molecule has 5 heteroatoms. The van der Waals surface area contributed by atoms with E-state index in [1.54, 1.807) is 31.0 Å². The van der Waals surface area contributed by atoms with Gasteiger partial charge in [-0.1, -0.05) is 12.1 Å². The highest BCUT2D eigenvalue weighted by Gasteiger charge is 2.30. The van der Waals surface area contributed by atoms with Crippen LogP contribution in [0, 0.1) is 17.0 Å². The molecule has 1 aromatic rings. The summed E-state index contributed by atoms with van der Waals surface area (Å²) in [6, 6.07) is 4.95. The predicted molar refractivity (Wildman–Crippen MR) is 67.6 cm³/mol. The van der Waals surface area contributed by atoms with Crippen molar-refractivity contribution in [1.29, 1.82) is 0 Å². The van der Waals surface area contributed by atoms with E-state index in [9.17, 15) is 14.9 Å². The zero-order chi connectivity index (χ0) is 13.3. The maximum Gasteiger partial charge on any atom is 0.282 e. The van der Waals surface area contributed by atoms with Gasteiger partial charge in [-0.15, -0.1) is 0 Å². The van der Waals surface area contributed by atoms with Crippen molar-refractivity contribution in [3.63, 3.8) is 0 Å². The molecule has 0 heterocycles. The molecule has 0 unspecified atom stereocenters. The minimum Gasteiger partial charge on any atom is -0.338 e. The van der Waals surface area contributed by atoms with Gasteiger partial charge in [0, 0.05) is 19.2 Å². The molecule has 96 valence electrons. The summed E-state index contributed by atoms with van der Waals surface area (Å²) in [6.07, 6.45) is 3.10. The molecule has 5 nitrogen and oxygen atoms in total. The standard InChI is InChI=1S/C13H16N2O3/c1-9-5-3-8-11(15(17)18)12(9)13(16)14(2)10-6-4-7-10/h3,5,8,10H,4,6-7H2,1-2H3. The van der Waals surface area contributed by atoms with Crippen LogP contribution in [-0.2, 0) is 0 Å². The van der Waals surface area contributed by atoms with E-state index >= 15 is 0 Å². The molecule has 1 aromatic carbocycles. The Kier molecular flexibility index (Phi) is 3.32. The van der Waals surface area contributed by atoms with Crippen LogP contribution in [0.5, 0.6) is 0 Å². The van der Waals surface area contributed by atoms with Gasteiger partial charge in [0.15, 0.2) is 0 Å². The summed E-state index contributed by atoms with van der Waals surface area (Å²) in [5.74, 6) is -0.246. The van der Waals surface area contributed by atoms with Gasteiger partial charge in [0.2, 0.25) is 0 Å². The van der Waals surface area contributed by atoms with E-state index in [0.29, 0.717) is 5.56 Å². The largest absolute Gasteiger partial charge is 0.338 e. The quantitative estimate of drug-likeness (QED) is 0.610. The molecule has 18 heavy (non-hydrogen) atoms. The summed E-state index contributed by atoms with van der Waals surface area (Å²) in [5, 5.41) is 11.0. The molecule has 0 aliphatic heterocycles. The Balaban J connectivity index is 2.36. The number of benzene rings is 1. The average molecular weight is 248 g/mol. The number of nitrogens with zero attached hydrogens (tertiary/aromatic N) is 2. The van der Waals surface area contributed by atoms with Crippen molar-refractivity contribution in [2.75, 3.05) is 7.05 Å². The first-order chi connectivity index (χ1) is 8.52. The van der Waals surface area contributed by atoms with Crippen molar-refractivity contribution in [2.24, 2.45) is 0 Å². The number of nitro groups is 1. The normalized spacial score (nSPS) is 15.0. The fraction of sp³-hybridized carbons (Fsp3) is 0.462. The van der Waals surface area contributed by atoms with E-state index < -0.39 is 4.92 Å². The van der Waals surface area contributed by atoms with Crippen LogP contribution in [0.4, 0.5) is 5.69 Å². The van der Waals surface area contributed by atoms with Gasteiger partial charge < -0.3 is 4.90 Å². The highest BCUT2D eigenvalue weighted by molar-refractivity contribution is 5.99. The molecule has 1 aliphatic carbocycles. The van der Waals surface area contributed by atoms with E-state index in [-0.39, 0.29) is 23.2 Å². The summed E-state index contributed by atoms with van der Waals surface area (Å²) in [7, 11) is 1.72. The second kappa shape index (κ2) is 4.76. The Labute approximate surface area is 106 Å². The number of hydrogen-bond acceptors (Lipinski definition) is 3. The molecule has 0 saturated heterocycles. The maximum atomic E-state index is 12.3. The number of carbonyl (C=O) groups excluding carboxylic acids is 1. The van der Waals surface area contributed by atoms with Crippen LogP contribution in [0.15, 0.2) is 18.2 Å². The third-order valence-electron chi connectivity index (χ3n) is 3.60. The fourth-order valence-corrected chi connectivity index (χ4v) is 2.20. The first kappa shape index (κ1) is 12.5. The molecule has 1 amide bonds. The van der Waals surface area contributed by atoms with Crippen molar-refractivity contribution in [3.05, 3.63) is 39.4 Å². The first-order valence-electron chi connectivity index (χ1n) is 6.03. The molecule has 2 rings (SSSR count). The van der Waals surface area contributed by atoms with Crippen molar-refractivity contribution < 1.29 is 9.72 Å². The molecule has 0 N–H and O–H groups in total. The number of amides is 1. The van der Waals surface area contributed by atoms with Gasteiger partial charge in [0.1, 0.15) is 5.56 Å². The van der Waals surface area contributed by atoms with Gasteiger partial charge in [0.05, 0.1) is 4.92 Å². The molecular formula is C13H16N2O3. The van der Waals surface area contributed by atoms with E-state index in [1.807, 2.05) is 0 Å². The van der Waals surface area contributed by atoms with Crippen molar-refractivity contribution in [2.45, 2.75) is 32.2 Å². The Bertz CT molecular complexity index is 495. The number of rotatable bonds is 3. The predicted octanol–water partition coefficient (Wildman–Crippen LogP) is 2.53. The smallest absolute Gasteiger partial charge is 0.282 e. The molecule has 0 atom stereocenters. The molecule has 0 aromatic heterocycles. The lowest BCUT2D eigenvalue weighted by Gasteiger charge is -2.34. The molecule has 1 aliphatic rings. The molecule has 0 bridgehead atoms. The lowest BCUT2D eigenvalue weighted by atomic mass is 9.91. The summed E-state index contributed by atoms with van der Waals surface area (Å²) in [6.45, 7) is 1.73. The second-order valence-corrected chi connectivity index (χ2v) is 4.73. The molecular weight excluding hydrogens is 232 g/mol. The Morgan fingerprint density at radius 1 is 1.44 bits per heavy atom. The van der Waals surface area contributed by atoms with Gasteiger partial charge in [-0.25, -0.2) is 0 Å². The number of hydrogen-bond donors (Lipinski definition) is 0. The minimum atomic E-state index is -0.491. The fourth-order valence-electron chi connectivity index (χ4n) is 2.20. The average Bonchev–Trinajstić information content (AvgIpc) is 2.25. The van der Waals surface area contributed by atoms with Gasteiger partial charge in [0.25, 0.3) is 11.6 Å². The van der Waals surface area contributed by atoms with E-state index in [4.69, 9.17) is 0 Å². The van der Waals surface area contributed by atoms with E-state index in [2.05, 4.69) is 0 Å². The zero-order valence-corrected chi connectivity index (χ0v) is 10.5. The van der Waals surface area contributed by atoms with Crippen LogP contribution in [0.1, 0.15) is 35.2 Å². The van der Waals surface area contributed by atoms with Gasteiger partial charge in [-0.3, -0.25) is 14.9 Å². The van der Waals surface area contributed by atoms with Crippen molar-refractivity contribution in [1.82, 2.24) is 4.90 Å². The first-order valence-corrected chi connectivity index (χ1v) is 6.03.